The lowest BCUT2D eigenvalue weighted by molar-refractivity contribution is -0.142. The summed E-state index contributed by atoms with van der Waals surface area (Å²) in [6.07, 6.45) is 2.31. The molecule has 0 bridgehead atoms. The second kappa shape index (κ2) is 13.5. The van der Waals surface area contributed by atoms with Crippen LogP contribution in [0.15, 0.2) is 72.8 Å². The van der Waals surface area contributed by atoms with E-state index < -0.39 is 6.04 Å². The van der Waals surface area contributed by atoms with Crippen molar-refractivity contribution in [3.8, 4) is 5.75 Å². The Morgan fingerprint density at radius 3 is 2.36 bits per heavy atom. The summed E-state index contributed by atoms with van der Waals surface area (Å²) in [5.74, 6) is 0.329. The molecule has 1 atom stereocenters. The molecule has 0 aliphatic carbocycles. The van der Waals surface area contributed by atoms with Gasteiger partial charge in [0, 0.05) is 19.5 Å². The Morgan fingerprint density at radius 1 is 0.917 bits per heavy atom. The van der Waals surface area contributed by atoms with Crippen molar-refractivity contribution in [3.05, 3.63) is 101 Å². The minimum atomic E-state index is -0.653. The van der Waals surface area contributed by atoms with E-state index >= 15 is 0 Å². The van der Waals surface area contributed by atoms with Gasteiger partial charge in [-0.2, -0.15) is 0 Å². The molecule has 2 amide bonds. The van der Waals surface area contributed by atoms with Crippen LogP contribution in [0.2, 0.25) is 0 Å². The first-order chi connectivity index (χ1) is 17.4. The number of carbonyl (C=O) groups is 2. The zero-order valence-electron chi connectivity index (χ0n) is 21.9. The van der Waals surface area contributed by atoms with Crippen LogP contribution in [0, 0.1) is 20.8 Å². The van der Waals surface area contributed by atoms with E-state index in [1.54, 1.807) is 4.90 Å². The summed E-state index contributed by atoms with van der Waals surface area (Å²) in [5, 5.41) is 3.05. The van der Waals surface area contributed by atoms with Gasteiger partial charge in [0.15, 0.2) is 6.61 Å². The zero-order chi connectivity index (χ0) is 25.9. The average Bonchev–Trinajstić information content (AvgIpc) is 2.87. The molecule has 3 aromatic rings. The number of ether oxygens (including phenoxy) is 1. The van der Waals surface area contributed by atoms with Gasteiger partial charge in [-0.15, -0.1) is 0 Å². The molecule has 3 aromatic carbocycles. The fourth-order valence-corrected chi connectivity index (χ4v) is 4.17. The van der Waals surface area contributed by atoms with Gasteiger partial charge in [-0.1, -0.05) is 85.6 Å². The molecule has 0 saturated carbocycles. The van der Waals surface area contributed by atoms with Crippen LogP contribution in [0.4, 0.5) is 0 Å². The van der Waals surface area contributed by atoms with Crippen LogP contribution < -0.4 is 10.1 Å². The van der Waals surface area contributed by atoms with E-state index in [0.29, 0.717) is 25.3 Å². The Morgan fingerprint density at radius 2 is 1.64 bits per heavy atom. The molecule has 0 aliphatic rings. The van der Waals surface area contributed by atoms with Crippen molar-refractivity contribution in [2.45, 2.75) is 59.5 Å². The summed E-state index contributed by atoms with van der Waals surface area (Å²) >= 11 is 0. The number of hydrogen-bond acceptors (Lipinski definition) is 3. The molecule has 0 unspecified atom stereocenters. The van der Waals surface area contributed by atoms with Gasteiger partial charge in [0.25, 0.3) is 5.91 Å². The van der Waals surface area contributed by atoms with Crippen LogP contribution in [-0.2, 0) is 22.6 Å². The van der Waals surface area contributed by atoms with E-state index in [1.165, 1.54) is 0 Å². The van der Waals surface area contributed by atoms with E-state index in [2.05, 4.69) is 18.3 Å². The van der Waals surface area contributed by atoms with Crippen molar-refractivity contribution in [1.82, 2.24) is 10.2 Å². The maximum Gasteiger partial charge on any atom is 0.261 e. The van der Waals surface area contributed by atoms with Crippen molar-refractivity contribution < 1.29 is 14.3 Å². The molecule has 0 heterocycles. The molecule has 1 N–H and O–H groups in total. The summed E-state index contributed by atoms with van der Waals surface area (Å²) in [6, 6.07) is 23.1. The Balaban J connectivity index is 1.90. The first-order valence-corrected chi connectivity index (χ1v) is 12.7. The fourth-order valence-electron chi connectivity index (χ4n) is 4.17. The van der Waals surface area contributed by atoms with E-state index in [1.807, 2.05) is 87.5 Å². The maximum absolute atomic E-state index is 13.7. The fraction of sp³-hybridized carbons (Fsp3) is 0.355. The highest BCUT2D eigenvalue weighted by Crippen LogP contribution is 2.21. The van der Waals surface area contributed by atoms with Crippen molar-refractivity contribution in [2.24, 2.45) is 0 Å². The van der Waals surface area contributed by atoms with Crippen molar-refractivity contribution in [3.63, 3.8) is 0 Å². The van der Waals surface area contributed by atoms with E-state index in [-0.39, 0.29) is 18.4 Å². The predicted octanol–water partition coefficient (Wildman–Crippen LogP) is 5.55. The van der Waals surface area contributed by atoms with Gasteiger partial charge < -0.3 is 15.0 Å². The number of nitrogens with zero attached hydrogens (tertiary/aromatic N) is 1. The molecule has 36 heavy (non-hydrogen) atoms. The third-order valence-electron chi connectivity index (χ3n) is 6.44. The third kappa shape index (κ3) is 7.70. The standard InChI is InChI=1S/C31H38N2O3/c1-5-6-18-32-31(35)28(20-26-14-8-7-9-15-26)33(21-27-16-10-12-23(2)19-27)30(34)22-36-29-17-11-13-24(3)25(29)4/h7-17,19,28H,5-6,18,20-22H2,1-4H3,(H,32,35)/t28-/m1/s1. The van der Waals surface area contributed by atoms with Crippen LogP contribution in [0.3, 0.4) is 0 Å². The zero-order valence-corrected chi connectivity index (χ0v) is 21.9. The Bertz CT molecular complexity index is 1140. The first-order valence-electron chi connectivity index (χ1n) is 12.7. The van der Waals surface area contributed by atoms with Gasteiger partial charge in [0.1, 0.15) is 11.8 Å². The van der Waals surface area contributed by atoms with Crippen LogP contribution in [-0.4, -0.2) is 35.9 Å². The third-order valence-corrected chi connectivity index (χ3v) is 6.44. The molecule has 0 radical (unpaired) electrons. The SMILES string of the molecule is CCCCNC(=O)[C@@H](Cc1ccccc1)N(Cc1cccc(C)c1)C(=O)COc1cccc(C)c1C. The number of nitrogens with one attached hydrogen (secondary N) is 1. The summed E-state index contributed by atoms with van der Waals surface area (Å²) in [4.78, 5) is 28.8. The lowest BCUT2D eigenvalue weighted by atomic mass is 10.0. The van der Waals surface area contributed by atoms with E-state index in [0.717, 1.165) is 40.7 Å². The maximum atomic E-state index is 13.7. The molecular formula is C31H38N2O3. The Hall–Kier alpha value is -3.60. The topological polar surface area (TPSA) is 58.6 Å². The molecule has 190 valence electrons. The highest BCUT2D eigenvalue weighted by Gasteiger charge is 2.30. The molecule has 3 rings (SSSR count). The Labute approximate surface area is 215 Å². The van der Waals surface area contributed by atoms with Gasteiger partial charge in [-0.3, -0.25) is 9.59 Å². The monoisotopic (exact) mass is 486 g/mol. The predicted molar refractivity (Wildman–Crippen MR) is 145 cm³/mol. The summed E-state index contributed by atoms with van der Waals surface area (Å²) in [7, 11) is 0. The lowest BCUT2D eigenvalue weighted by Gasteiger charge is -2.31. The number of carbonyl (C=O) groups excluding carboxylic acids is 2. The summed E-state index contributed by atoms with van der Waals surface area (Å²) < 4.78 is 5.98. The van der Waals surface area contributed by atoms with Crippen LogP contribution >= 0.6 is 0 Å². The molecule has 0 fully saturated rings. The molecule has 0 aliphatic heterocycles. The number of rotatable bonds is 12. The lowest BCUT2D eigenvalue weighted by Crippen LogP contribution is -2.51. The Kier molecular flexibility index (Phi) is 10.1. The van der Waals surface area contributed by atoms with Gasteiger partial charge in [-0.25, -0.2) is 0 Å². The second-order valence-electron chi connectivity index (χ2n) is 9.35. The summed E-state index contributed by atoms with van der Waals surface area (Å²) in [5.41, 5.74) is 5.21. The van der Waals surface area contributed by atoms with Crippen molar-refractivity contribution in [1.29, 1.82) is 0 Å². The van der Waals surface area contributed by atoms with Gasteiger partial charge in [0.05, 0.1) is 0 Å². The molecule has 0 saturated heterocycles. The van der Waals surface area contributed by atoms with Gasteiger partial charge >= 0.3 is 0 Å². The van der Waals surface area contributed by atoms with Crippen LogP contribution in [0.1, 0.15) is 47.6 Å². The normalized spacial score (nSPS) is 11.6. The number of hydrogen-bond donors (Lipinski definition) is 1. The molecule has 5 heteroatoms. The average molecular weight is 487 g/mol. The smallest absolute Gasteiger partial charge is 0.261 e. The largest absolute Gasteiger partial charge is 0.483 e. The minimum absolute atomic E-state index is 0.135. The van der Waals surface area contributed by atoms with Crippen molar-refractivity contribution >= 4 is 11.8 Å². The number of unbranched alkanes of at least 4 members (excludes halogenated alkanes) is 1. The van der Waals surface area contributed by atoms with Crippen LogP contribution in [0.5, 0.6) is 5.75 Å². The molecule has 0 spiro atoms. The van der Waals surface area contributed by atoms with E-state index in [4.69, 9.17) is 4.74 Å². The summed E-state index contributed by atoms with van der Waals surface area (Å²) in [6.45, 7) is 8.90. The highest BCUT2D eigenvalue weighted by atomic mass is 16.5. The first kappa shape index (κ1) is 27.0. The minimum Gasteiger partial charge on any atom is -0.483 e. The number of aryl methyl sites for hydroxylation is 2. The molecular weight excluding hydrogens is 448 g/mol. The highest BCUT2D eigenvalue weighted by molar-refractivity contribution is 5.88. The number of amides is 2. The second-order valence-corrected chi connectivity index (χ2v) is 9.35. The van der Waals surface area contributed by atoms with Gasteiger partial charge in [-0.05, 0) is 55.5 Å². The molecule has 0 aromatic heterocycles. The molecule has 5 nitrogen and oxygen atoms in total. The van der Waals surface area contributed by atoms with Gasteiger partial charge in [0.2, 0.25) is 5.91 Å². The number of benzene rings is 3. The van der Waals surface area contributed by atoms with Crippen molar-refractivity contribution in [2.75, 3.05) is 13.2 Å². The van der Waals surface area contributed by atoms with Crippen LogP contribution in [0.25, 0.3) is 0 Å². The van der Waals surface area contributed by atoms with E-state index in [9.17, 15) is 9.59 Å². The quantitative estimate of drug-likeness (QED) is 0.342.